The summed E-state index contributed by atoms with van der Waals surface area (Å²) in [7, 11) is 3.21. The number of oxime groups is 1. The average molecular weight is 292 g/mol. The van der Waals surface area contributed by atoms with Gasteiger partial charge >= 0.3 is 0 Å². The molecule has 0 saturated heterocycles. The van der Waals surface area contributed by atoms with Crippen LogP contribution in [0.25, 0.3) is 0 Å². The van der Waals surface area contributed by atoms with E-state index in [1.807, 2.05) is 24.3 Å². The molecule has 1 unspecified atom stereocenters. The number of nitrogens with one attached hydrogen (secondary N) is 1. The van der Waals surface area contributed by atoms with Gasteiger partial charge in [0.05, 0.1) is 19.4 Å². The number of rotatable bonds is 6. The first-order valence-electron chi connectivity index (χ1n) is 6.76. The van der Waals surface area contributed by atoms with Crippen LogP contribution in [0, 0.1) is 0 Å². The fourth-order valence-electron chi connectivity index (χ4n) is 2.05. The number of ether oxygens (including phenoxy) is 2. The third kappa shape index (κ3) is 3.52. The summed E-state index contributed by atoms with van der Waals surface area (Å²) in [5.41, 5.74) is 0.703. The van der Waals surface area contributed by atoms with E-state index in [4.69, 9.17) is 14.3 Å². The maximum atomic E-state index is 12.1. The Labute approximate surface area is 124 Å². The summed E-state index contributed by atoms with van der Waals surface area (Å²) < 4.78 is 10.0. The van der Waals surface area contributed by atoms with Crippen molar-refractivity contribution >= 4 is 11.6 Å². The largest absolute Gasteiger partial charge is 0.497 e. The van der Waals surface area contributed by atoms with Crippen molar-refractivity contribution in [2.45, 2.75) is 18.9 Å². The van der Waals surface area contributed by atoms with Gasteiger partial charge in [0, 0.05) is 20.1 Å². The van der Waals surface area contributed by atoms with Crippen molar-refractivity contribution in [1.82, 2.24) is 5.32 Å². The second kappa shape index (κ2) is 6.58. The van der Waals surface area contributed by atoms with Gasteiger partial charge < -0.3 is 19.6 Å². The molecular formula is C15H20N2O4. The molecular weight excluding hydrogens is 272 g/mol. The number of carbonyl (C=O) groups is 1. The van der Waals surface area contributed by atoms with Crippen molar-refractivity contribution in [2.75, 3.05) is 27.4 Å². The summed E-state index contributed by atoms with van der Waals surface area (Å²) in [4.78, 5) is 17.5. The first-order valence-corrected chi connectivity index (χ1v) is 6.76. The molecule has 0 bridgehead atoms. The predicted molar refractivity (Wildman–Crippen MR) is 78.5 cm³/mol. The monoisotopic (exact) mass is 292 g/mol. The van der Waals surface area contributed by atoms with Crippen molar-refractivity contribution in [3.05, 3.63) is 29.8 Å². The molecule has 0 radical (unpaired) electrons. The second-order valence-electron chi connectivity index (χ2n) is 5.01. The van der Waals surface area contributed by atoms with E-state index in [1.165, 1.54) is 0 Å². The number of amides is 1. The SMILES string of the molecule is COCCNC(=O)C1(C)CC(c2ccc(OC)cc2)=NO1. The number of methoxy groups -OCH3 is 2. The molecule has 2 rings (SSSR count). The number of hydrogen-bond donors (Lipinski definition) is 1. The molecule has 1 aromatic carbocycles. The van der Waals surface area contributed by atoms with Crippen LogP contribution >= 0.6 is 0 Å². The number of benzene rings is 1. The molecule has 1 aliphatic heterocycles. The third-order valence-electron chi connectivity index (χ3n) is 3.36. The Morgan fingerprint density at radius 1 is 1.38 bits per heavy atom. The quantitative estimate of drug-likeness (QED) is 0.803. The standard InChI is InChI=1S/C15H20N2O4/c1-15(14(18)16-8-9-19-2)10-13(17-21-15)11-4-6-12(20-3)7-5-11/h4-7H,8-10H2,1-3H3,(H,16,18). The fraction of sp³-hybridized carbons (Fsp3) is 0.467. The average Bonchev–Trinajstić information content (AvgIpc) is 2.91. The van der Waals surface area contributed by atoms with Crippen LogP contribution in [0.15, 0.2) is 29.4 Å². The molecule has 1 amide bonds. The van der Waals surface area contributed by atoms with E-state index in [0.29, 0.717) is 19.6 Å². The van der Waals surface area contributed by atoms with Gasteiger partial charge in [0.15, 0.2) is 0 Å². The van der Waals surface area contributed by atoms with Gasteiger partial charge in [-0.15, -0.1) is 0 Å². The normalized spacial score (nSPS) is 20.6. The van der Waals surface area contributed by atoms with E-state index in [1.54, 1.807) is 21.1 Å². The van der Waals surface area contributed by atoms with E-state index in [-0.39, 0.29) is 5.91 Å². The number of nitrogens with zero attached hydrogens (tertiary/aromatic N) is 1. The Bertz CT molecular complexity index is 527. The predicted octanol–water partition coefficient (Wildman–Crippen LogP) is 1.34. The van der Waals surface area contributed by atoms with Crippen LogP contribution in [-0.4, -0.2) is 44.6 Å². The highest BCUT2D eigenvalue weighted by Crippen LogP contribution is 2.27. The first-order chi connectivity index (χ1) is 10.1. The zero-order chi connectivity index (χ0) is 15.3. The molecule has 0 spiro atoms. The fourth-order valence-corrected chi connectivity index (χ4v) is 2.05. The summed E-state index contributed by atoms with van der Waals surface area (Å²) in [5, 5.41) is 6.82. The summed E-state index contributed by atoms with van der Waals surface area (Å²) in [6.45, 7) is 2.65. The maximum Gasteiger partial charge on any atom is 0.267 e. The Morgan fingerprint density at radius 2 is 2.10 bits per heavy atom. The van der Waals surface area contributed by atoms with Gasteiger partial charge in [0.2, 0.25) is 5.60 Å². The Balaban J connectivity index is 1.98. The van der Waals surface area contributed by atoms with E-state index in [2.05, 4.69) is 10.5 Å². The lowest BCUT2D eigenvalue weighted by atomic mass is 9.95. The number of hydrogen-bond acceptors (Lipinski definition) is 5. The van der Waals surface area contributed by atoms with Crippen molar-refractivity contribution in [3.63, 3.8) is 0 Å². The van der Waals surface area contributed by atoms with Crippen LogP contribution in [-0.2, 0) is 14.4 Å². The van der Waals surface area contributed by atoms with Gasteiger partial charge in [0.25, 0.3) is 5.91 Å². The molecule has 0 aliphatic carbocycles. The van der Waals surface area contributed by atoms with Gasteiger partial charge in [-0.1, -0.05) is 5.16 Å². The molecule has 1 heterocycles. The van der Waals surface area contributed by atoms with Gasteiger partial charge in [-0.05, 0) is 36.8 Å². The van der Waals surface area contributed by atoms with Gasteiger partial charge in [-0.2, -0.15) is 0 Å². The molecule has 6 nitrogen and oxygen atoms in total. The minimum Gasteiger partial charge on any atom is -0.497 e. The zero-order valence-electron chi connectivity index (χ0n) is 12.5. The summed E-state index contributed by atoms with van der Waals surface area (Å²) in [5.74, 6) is 0.588. The van der Waals surface area contributed by atoms with Crippen LogP contribution < -0.4 is 10.1 Å². The summed E-state index contributed by atoms with van der Waals surface area (Å²) in [6.07, 6.45) is 0.429. The second-order valence-corrected chi connectivity index (χ2v) is 5.01. The Hall–Kier alpha value is -2.08. The molecule has 114 valence electrons. The van der Waals surface area contributed by atoms with E-state index >= 15 is 0 Å². The molecule has 1 aromatic rings. The molecule has 21 heavy (non-hydrogen) atoms. The summed E-state index contributed by atoms with van der Waals surface area (Å²) in [6, 6.07) is 7.50. The highest BCUT2D eigenvalue weighted by molar-refractivity contribution is 6.05. The highest BCUT2D eigenvalue weighted by atomic mass is 16.7. The van der Waals surface area contributed by atoms with E-state index in [0.717, 1.165) is 17.0 Å². The van der Waals surface area contributed by atoms with E-state index < -0.39 is 5.60 Å². The maximum absolute atomic E-state index is 12.1. The lowest BCUT2D eigenvalue weighted by Gasteiger charge is -2.20. The van der Waals surface area contributed by atoms with Crippen LogP contribution in [0.1, 0.15) is 18.9 Å². The lowest BCUT2D eigenvalue weighted by molar-refractivity contribution is -0.141. The Morgan fingerprint density at radius 3 is 2.71 bits per heavy atom. The van der Waals surface area contributed by atoms with Crippen LogP contribution in [0.5, 0.6) is 5.75 Å². The molecule has 0 aromatic heterocycles. The van der Waals surface area contributed by atoms with E-state index in [9.17, 15) is 4.79 Å². The highest BCUT2D eigenvalue weighted by Gasteiger charge is 2.41. The number of carbonyl (C=O) groups excluding carboxylic acids is 1. The molecule has 6 heteroatoms. The third-order valence-corrected chi connectivity index (χ3v) is 3.36. The van der Waals surface area contributed by atoms with Crippen LogP contribution in [0.2, 0.25) is 0 Å². The topological polar surface area (TPSA) is 69.2 Å². The van der Waals surface area contributed by atoms with Gasteiger partial charge in [0.1, 0.15) is 5.75 Å². The first kappa shape index (κ1) is 15.3. The molecule has 1 aliphatic rings. The van der Waals surface area contributed by atoms with Crippen LogP contribution in [0.4, 0.5) is 0 Å². The molecule has 1 atom stereocenters. The smallest absolute Gasteiger partial charge is 0.267 e. The minimum absolute atomic E-state index is 0.188. The van der Waals surface area contributed by atoms with Gasteiger partial charge in [-0.25, -0.2) is 0 Å². The Kier molecular flexibility index (Phi) is 4.80. The molecule has 1 N–H and O–H groups in total. The van der Waals surface area contributed by atoms with Crippen molar-refractivity contribution in [1.29, 1.82) is 0 Å². The van der Waals surface area contributed by atoms with Gasteiger partial charge in [-0.3, -0.25) is 4.79 Å². The molecule has 0 saturated carbocycles. The summed E-state index contributed by atoms with van der Waals surface area (Å²) >= 11 is 0. The van der Waals surface area contributed by atoms with Crippen molar-refractivity contribution in [2.24, 2.45) is 5.16 Å². The minimum atomic E-state index is -0.969. The van der Waals surface area contributed by atoms with Crippen molar-refractivity contribution < 1.29 is 19.1 Å². The van der Waals surface area contributed by atoms with Crippen LogP contribution in [0.3, 0.4) is 0 Å². The zero-order valence-corrected chi connectivity index (χ0v) is 12.5. The molecule has 0 fully saturated rings. The lowest BCUT2D eigenvalue weighted by Crippen LogP contribution is -2.45. The van der Waals surface area contributed by atoms with Crippen molar-refractivity contribution in [3.8, 4) is 5.75 Å².